The highest BCUT2D eigenvalue weighted by Crippen LogP contribution is 2.33. The first-order chi connectivity index (χ1) is 15.0. The maximum absolute atomic E-state index is 12.6. The topological polar surface area (TPSA) is 51.2 Å². The van der Waals surface area contributed by atoms with E-state index in [-0.39, 0.29) is 5.91 Å². The highest BCUT2D eigenvalue weighted by Gasteiger charge is 2.17. The number of fused-ring (bicyclic) bond motifs is 1. The van der Waals surface area contributed by atoms with Crippen LogP contribution in [0.5, 0.6) is 5.75 Å². The molecule has 158 valence electrons. The molecule has 0 aliphatic heterocycles. The molecule has 1 aromatic heterocycles. The van der Waals surface area contributed by atoms with Gasteiger partial charge in [-0.15, -0.1) is 11.3 Å². The van der Waals surface area contributed by atoms with Gasteiger partial charge in [-0.05, 0) is 48.9 Å². The number of amides is 1. The molecule has 1 N–H and O–H groups in total. The second-order valence-electron chi connectivity index (χ2n) is 6.76. The quantitative estimate of drug-likeness (QED) is 0.277. The van der Waals surface area contributed by atoms with Gasteiger partial charge in [0.1, 0.15) is 5.75 Å². The molecule has 8 heteroatoms. The Balaban J connectivity index is 1.40. The van der Waals surface area contributed by atoms with Crippen molar-refractivity contribution in [2.24, 2.45) is 0 Å². The first kappa shape index (κ1) is 22.0. The third kappa shape index (κ3) is 5.71. The zero-order valence-electron chi connectivity index (χ0n) is 16.5. The minimum absolute atomic E-state index is 0.270. The molecule has 0 saturated carbocycles. The summed E-state index contributed by atoms with van der Waals surface area (Å²) in [5.74, 6) is 1.01. The number of nitrogens with one attached hydrogen (secondary N) is 1. The van der Waals surface area contributed by atoms with Crippen LogP contribution in [0.25, 0.3) is 10.2 Å². The summed E-state index contributed by atoms with van der Waals surface area (Å²) in [6, 6.07) is 20.9. The molecule has 0 aliphatic carbocycles. The minimum Gasteiger partial charge on any atom is -0.479 e. The number of aromatic nitrogens is 1. The molecular formula is C23H18Cl2N2O2S2. The van der Waals surface area contributed by atoms with E-state index in [1.54, 1.807) is 48.2 Å². The monoisotopic (exact) mass is 488 g/mol. The van der Waals surface area contributed by atoms with Crippen LogP contribution >= 0.6 is 46.3 Å². The summed E-state index contributed by atoms with van der Waals surface area (Å²) in [6.45, 7) is 1.67. The molecule has 0 fully saturated rings. The fraction of sp³-hybridized carbons (Fsp3) is 0.130. The Morgan fingerprint density at radius 3 is 2.71 bits per heavy atom. The number of thiazole rings is 1. The van der Waals surface area contributed by atoms with Gasteiger partial charge in [0.2, 0.25) is 0 Å². The molecule has 1 amide bonds. The number of carbonyl (C=O) groups is 1. The van der Waals surface area contributed by atoms with Gasteiger partial charge in [-0.3, -0.25) is 4.79 Å². The van der Waals surface area contributed by atoms with Gasteiger partial charge in [0.15, 0.2) is 10.4 Å². The number of nitrogens with zero attached hydrogens (tertiary/aromatic N) is 1. The summed E-state index contributed by atoms with van der Waals surface area (Å²) in [5.41, 5.74) is 2.86. The largest absolute Gasteiger partial charge is 0.479 e. The van der Waals surface area contributed by atoms with Crippen molar-refractivity contribution >= 4 is 68.1 Å². The molecule has 1 unspecified atom stereocenters. The van der Waals surface area contributed by atoms with E-state index in [0.717, 1.165) is 20.3 Å². The second kappa shape index (κ2) is 9.92. The number of carbonyl (C=O) groups excluding carboxylic acids is 1. The molecule has 31 heavy (non-hydrogen) atoms. The van der Waals surface area contributed by atoms with E-state index < -0.39 is 6.10 Å². The van der Waals surface area contributed by atoms with Crippen molar-refractivity contribution in [3.8, 4) is 5.75 Å². The molecule has 0 spiro atoms. The van der Waals surface area contributed by atoms with Crippen molar-refractivity contribution in [3.63, 3.8) is 0 Å². The number of anilines is 1. The first-order valence-electron chi connectivity index (χ1n) is 9.48. The van der Waals surface area contributed by atoms with Gasteiger partial charge in [0.25, 0.3) is 5.91 Å². The molecule has 0 bridgehead atoms. The maximum atomic E-state index is 12.6. The zero-order chi connectivity index (χ0) is 21.8. The van der Waals surface area contributed by atoms with Crippen molar-refractivity contribution in [3.05, 3.63) is 82.3 Å². The summed E-state index contributed by atoms with van der Waals surface area (Å²) >= 11 is 15.3. The van der Waals surface area contributed by atoms with Crippen LogP contribution in [0.4, 0.5) is 5.69 Å². The van der Waals surface area contributed by atoms with Crippen molar-refractivity contribution < 1.29 is 9.53 Å². The van der Waals surface area contributed by atoms with Crippen LogP contribution in [0.15, 0.2) is 71.1 Å². The van der Waals surface area contributed by atoms with Crippen LogP contribution in [-0.2, 0) is 10.5 Å². The van der Waals surface area contributed by atoms with E-state index >= 15 is 0 Å². The molecule has 4 rings (SSSR count). The lowest BCUT2D eigenvalue weighted by molar-refractivity contribution is -0.122. The fourth-order valence-corrected chi connectivity index (χ4v) is 5.34. The van der Waals surface area contributed by atoms with Gasteiger partial charge in [0.05, 0.1) is 15.2 Å². The Kier molecular flexibility index (Phi) is 7.02. The number of hydrogen-bond acceptors (Lipinski definition) is 5. The average Bonchev–Trinajstić information content (AvgIpc) is 3.17. The van der Waals surface area contributed by atoms with E-state index in [1.165, 1.54) is 5.56 Å². The van der Waals surface area contributed by atoms with E-state index in [1.807, 2.05) is 36.4 Å². The molecule has 4 nitrogen and oxygen atoms in total. The number of thioether (sulfide) groups is 1. The Labute approximate surface area is 198 Å². The van der Waals surface area contributed by atoms with Gasteiger partial charge < -0.3 is 10.1 Å². The molecule has 4 aromatic rings. The normalized spacial score (nSPS) is 12.0. The molecule has 1 atom stereocenters. The van der Waals surface area contributed by atoms with Crippen LogP contribution in [0, 0.1) is 0 Å². The van der Waals surface area contributed by atoms with Gasteiger partial charge in [-0.25, -0.2) is 4.98 Å². The number of halogens is 2. The van der Waals surface area contributed by atoms with E-state index in [9.17, 15) is 4.79 Å². The van der Waals surface area contributed by atoms with Crippen LogP contribution in [0.1, 0.15) is 12.5 Å². The summed E-state index contributed by atoms with van der Waals surface area (Å²) in [4.78, 5) is 17.2. The molecule has 1 heterocycles. The number of ether oxygens (including phenoxy) is 1. The highest BCUT2D eigenvalue weighted by atomic mass is 35.5. The molecule has 0 saturated heterocycles. The summed E-state index contributed by atoms with van der Waals surface area (Å²) in [7, 11) is 0. The maximum Gasteiger partial charge on any atom is 0.265 e. The first-order valence-corrected chi connectivity index (χ1v) is 12.0. The Morgan fingerprint density at radius 2 is 1.94 bits per heavy atom. The van der Waals surface area contributed by atoms with Gasteiger partial charge in [-0.1, -0.05) is 65.3 Å². The average molecular weight is 489 g/mol. The van der Waals surface area contributed by atoms with Crippen molar-refractivity contribution in [2.75, 3.05) is 5.32 Å². The lowest BCUT2D eigenvalue weighted by Crippen LogP contribution is -2.30. The zero-order valence-corrected chi connectivity index (χ0v) is 19.6. The van der Waals surface area contributed by atoms with Crippen molar-refractivity contribution in [2.45, 2.75) is 23.1 Å². The van der Waals surface area contributed by atoms with Gasteiger partial charge >= 0.3 is 0 Å². The molecular weight excluding hydrogens is 471 g/mol. The van der Waals surface area contributed by atoms with Crippen LogP contribution in [-0.4, -0.2) is 17.0 Å². The minimum atomic E-state index is -0.729. The Bertz CT molecular complexity index is 1210. The highest BCUT2D eigenvalue weighted by molar-refractivity contribution is 8.00. The fourth-order valence-electron chi connectivity index (χ4n) is 2.82. The molecule has 3 aromatic carbocycles. The van der Waals surface area contributed by atoms with Crippen molar-refractivity contribution in [1.82, 2.24) is 4.98 Å². The van der Waals surface area contributed by atoms with E-state index in [4.69, 9.17) is 27.9 Å². The standard InChI is InChI=1S/C23H18Cl2N2O2S2/c1-14(29-20-10-7-16(24)11-18(20)25)22(28)26-17-8-9-19-21(12-17)31-23(27-19)30-13-15-5-3-2-4-6-15/h2-12,14H,13H2,1H3,(H,26,28). The third-order valence-corrected chi connectivity index (χ3v) is 7.17. The predicted octanol–water partition coefficient (Wildman–Crippen LogP) is 7.30. The predicted molar refractivity (Wildman–Crippen MR) is 131 cm³/mol. The smallest absolute Gasteiger partial charge is 0.265 e. The lowest BCUT2D eigenvalue weighted by Gasteiger charge is -2.15. The SMILES string of the molecule is CC(Oc1ccc(Cl)cc1Cl)C(=O)Nc1ccc2nc(SCc3ccccc3)sc2c1. The summed E-state index contributed by atoms with van der Waals surface area (Å²) in [5, 5.41) is 3.76. The summed E-state index contributed by atoms with van der Waals surface area (Å²) < 4.78 is 7.70. The van der Waals surface area contributed by atoms with E-state index in [0.29, 0.717) is 21.5 Å². The van der Waals surface area contributed by atoms with Gasteiger partial charge in [-0.2, -0.15) is 0 Å². The van der Waals surface area contributed by atoms with Gasteiger partial charge in [0, 0.05) is 16.5 Å². The molecule has 0 radical (unpaired) electrons. The number of hydrogen-bond donors (Lipinski definition) is 1. The van der Waals surface area contributed by atoms with Crippen LogP contribution in [0.3, 0.4) is 0 Å². The third-order valence-electron chi connectivity index (χ3n) is 4.41. The lowest BCUT2D eigenvalue weighted by atomic mass is 10.2. The Hall–Kier alpha value is -2.25. The molecule has 0 aliphatic rings. The second-order valence-corrected chi connectivity index (χ2v) is 9.86. The number of benzene rings is 3. The van der Waals surface area contributed by atoms with E-state index in [2.05, 4.69) is 22.4 Å². The van der Waals surface area contributed by atoms with Crippen LogP contribution in [0.2, 0.25) is 10.0 Å². The summed E-state index contributed by atoms with van der Waals surface area (Å²) in [6.07, 6.45) is -0.729. The number of rotatable bonds is 7. The van der Waals surface area contributed by atoms with Crippen molar-refractivity contribution in [1.29, 1.82) is 0 Å². The van der Waals surface area contributed by atoms with Crippen LogP contribution < -0.4 is 10.1 Å². The Morgan fingerprint density at radius 1 is 1.13 bits per heavy atom.